The minimum absolute atomic E-state index is 0.601. The van der Waals surface area contributed by atoms with Crippen LogP contribution in [0.4, 0.5) is 18.9 Å². The molecule has 2 aromatic heterocycles. The van der Waals surface area contributed by atoms with Crippen LogP contribution in [0.1, 0.15) is 11.3 Å². The van der Waals surface area contributed by atoms with Crippen molar-refractivity contribution in [2.24, 2.45) is 4.99 Å². The molecule has 4 rings (SSSR count). The van der Waals surface area contributed by atoms with Gasteiger partial charge in [0.2, 0.25) is 0 Å². The van der Waals surface area contributed by atoms with Crippen molar-refractivity contribution >= 4 is 17.3 Å². The van der Waals surface area contributed by atoms with E-state index >= 15 is 0 Å². The SMILES string of the molecule is CN=C(NCCc1cn2ccccc2n1)N1CCN(c2cccc(C(F)(F)F)c2)CC1. The first-order valence-electron chi connectivity index (χ1n) is 10.2. The first-order chi connectivity index (χ1) is 14.9. The summed E-state index contributed by atoms with van der Waals surface area (Å²) in [7, 11) is 1.74. The molecule has 3 aromatic rings. The molecule has 1 saturated heterocycles. The third-order valence-corrected chi connectivity index (χ3v) is 5.41. The van der Waals surface area contributed by atoms with E-state index in [1.54, 1.807) is 13.1 Å². The average Bonchev–Trinajstić information content (AvgIpc) is 3.19. The van der Waals surface area contributed by atoms with E-state index in [4.69, 9.17) is 0 Å². The number of guanidine groups is 1. The molecule has 1 fully saturated rings. The molecule has 0 radical (unpaired) electrons. The quantitative estimate of drug-likeness (QED) is 0.510. The second-order valence-corrected chi connectivity index (χ2v) is 7.44. The number of hydrogen-bond donors (Lipinski definition) is 1. The summed E-state index contributed by atoms with van der Waals surface area (Å²) in [6.45, 7) is 3.34. The summed E-state index contributed by atoms with van der Waals surface area (Å²) < 4.78 is 41.0. The predicted octanol–water partition coefficient (Wildman–Crippen LogP) is 3.29. The van der Waals surface area contributed by atoms with Crippen LogP contribution in [0.5, 0.6) is 0 Å². The van der Waals surface area contributed by atoms with Crippen LogP contribution in [0.25, 0.3) is 5.65 Å². The number of pyridine rings is 1. The van der Waals surface area contributed by atoms with E-state index in [-0.39, 0.29) is 0 Å². The summed E-state index contributed by atoms with van der Waals surface area (Å²) in [5, 5.41) is 3.37. The molecule has 9 heteroatoms. The summed E-state index contributed by atoms with van der Waals surface area (Å²) in [5.41, 5.74) is 1.91. The maximum absolute atomic E-state index is 13.0. The molecule has 31 heavy (non-hydrogen) atoms. The van der Waals surface area contributed by atoms with Gasteiger partial charge in [-0.25, -0.2) is 4.98 Å². The average molecular weight is 430 g/mol. The largest absolute Gasteiger partial charge is 0.416 e. The highest BCUT2D eigenvalue weighted by molar-refractivity contribution is 5.80. The molecule has 0 spiro atoms. The van der Waals surface area contributed by atoms with Crippen molar-refractivity contribution in [1.82, 2.24) is 19.6 Å². The Morgan fingerprint density at radius 1 is 1.10 bits per heavy atom. The van der Waals surface area contributed by atoms with Crippen LogP contribution < -0.4 is 10.2 Å². The Labute approximate surface area is 179 Å². The van der Waals surface area contributed by atoms with Gasteiger partial charge in [-0.1, -0.05) is 12.1 Å². The Kier molecular flexibility index (Phi) is 6.01. The fraction of sp³-hybridized carbons (Fsp3) is 0.364. The van der Waals surface area contributed by atoms with Gasteiger partial charge in [0.05, 0.1) is 11.3 Å². The minimum atomic E-state index is -4.33. The Balaban J connectivity index is 1.30. The number of aliphatic imine (C=N–C) groups is 1. The van der Waals surface area contributed by atoms with Gasteiger partial charge in [0, 0.05) is 64.3 Å². The molecule has 3 heterocycles. The van der Waals surface area contributed by atoms with Crippen LogP contribution in [-0.2, 0) is 12.6 Å². The highest BCUT2D eigenvalue weighted by Gasteiger charge is 2.31. The smallest absolute Gasteiger partial charge is 0.368 e. The summed E-state index contributed by atoms with van der Waals surface area (Å²) >= 11 is 0. The number of halogens is 3. The number of nitrogens with one attached hydrogen (secondary N) is 1. The minimum Gasteiger partial charge on any atom is -0.368 e. The van der Waals surface area contributed by atoms with Crippen molar-refractivity contribution in [3.63, 3.8) is 0 Å². The Hall–Kier alpha value is -3.23. The molecule has 6 nitrogen and oxygen atoms in total. The van der Waals surface area contributed by atoms with E-state index in [2.05, 4.69) is 20.2 Å². The second-order valence-electron chi connectivity index (χ2n) is 7.44. The van der Waals surface area contributed by atoms with Gasteiger partial charge in [-0.3, -0.25) is 4.99 Å². The van der Waals surface area contributed by atoms with Gasteiger partial charge < -0.3 is 19.5 Å². The van der Waals surface area contributed by atoms with E-state index in [1.807, 2.05) is 39.9 Å². The van der Waals surface area contributed by atoms with Crippen molar-refractivity contribution in [2.45, 2.75) is 12.6 Å². The summed E-state index contributed by atoms with van der Waals surface area (Å²) in [6.07, 6.45) is 0.436. The lowest BCUT2D eigenvalue weighted by atomic mass is 10.1. The van der Waals surface area contributed by atoms with Crippen LogP contribution in [0.15, 0.2) is 59.9 Å². The van der Waals surface area contributed by atoms with Crippen LogP contribution in [0, 0.1) is 0 Å². The number of nitrogens with zero attached hydrogens (tertiary/aromatic N) is 5. The lowest BCUT2D eigenvalue weighted by Gasteiger charge is -2.37. The maximum Gasteiger partial charge on any atom is 0.416 e. The Bertz CT molecular complexity index is 1020. The van der Waals surface area contributed by atoms with Gasteiger partial charge in [0.1, 0.15) is 5.65 Å². The lowest BCUT2D eigenvalue weighted by molar-refractivity contribution is -0.137. The van der Waals surface area contributed by atoms with E-state index in [0.717, 1.165) is 29.8 Å². The zero-order valence-corrected chi connectivity index (χ0v) is 17.3. The summed E-state index contributed by atoms with van der Waals surface area (Å²) in [4.78, 5) is 13.1. The van der Waals surface area contributed by atoms with E-state index in [0.29, 0.717) is 38.4 Å². The van der Waals surface area contributed by atoms with Gasteiger partial charge in [-0.15, -0.1) is 0 Å². The first kappa shape index (κ1) is 21.0. The highest BCUT2D eigenvalue weighted by Crippen LogP contribution is 2.31. The summed E-state index contributed by atoms with van der Waals surface area (Å²) in [6, 6.07) is 11.4. The zero-order valence-electron chi connectivity index (χ0n) is 17.3. The van der Waals surface area contributed by atoms with Gasteiger partial charge in [-0.05, 0) is 30.3 Å². The monoisotopic (exact) mass is 430 g/mol. The molecule has 0 saturated carbocycles. The van der Waals surface area contributed by atoms with Crippen molar-refractivity contribution in [3.05, 3.63) is 66.1 Å². The van der Waals surface area contributed by atoms with Gasteiger partial charge in [-0.2, -0.15) is 13.2 Å². The third-order valence-electron chi connectivity index (χ3n) is 5.41. The second kappa shape index (κ2) is 8.87. The molecule has 1 aliphatic rings. The predicted molar refractivity (Wildman–Crippen MR) is 115 cm³/mol. The number of anilines is 1. The molecule has 0 amide bonds. The number of rotatable bonds is 4. The van der Waals surface area contributed by atoms with Crippen LogP contribution in [-0.4, -0.2) is 60.0 Å². The number of fused-ring (bicyclic) bond motifs is 1. The summed E-state index contributed by atoms with van der Waals surface area (Å²) in [5.74, 6) is 0.799. The number of piperazine rings is 1. The van der Waals surface area contributed by atoms with Crippen LogP contribution >= 0.6 is 0 Å². The van der Waals surface area contributed by atoms with Gasteiger partial charge in [0.25, 0.3) is 0 Å². The van der Waals surface area contributed by atoms with Gasteiger partial charge in [0.15, 0.2) is 5.96 Å². The Morgan fingerprint density at radius 2 is 1.90 bits per heavy atom. The van der Waals surface area contributed by atoms with E-state index < -0.39 is 11.7 Å². The lowest BCUT2D eigenvalue weighted by Crippen LogP contribution is -2.52. The number of aromatic nitrogens is 2. The number of benzene rings is 1. The standard InChI is InChI=1S/C22H25F3N6/c1-26-21(27-9-8-18-16-31-10-3-2-7-20(31)28-18)30-13-11-29(12-14-30)19-6-4-5-17(15-19)22(23,24)25/h2-7,10,15-16H,8-9,11-14H2,1H3,(H,26,27). The molecular formula is C22H25F3N6. The number of alkyl halides is 3. The Morgan fingerprint density at radius 3 is 2.61 bits per heavy atom. The van der Waals surface area contributed by atoms with Crippen molar-refractivity contribution in [1.29, 1.82) is 0 Å². The van der Waals surface area contributed by atoms with Crippen molar-refractivity contribution < 1.29 is 13.2 Å². The molecule has 1 aliphatic heterocycles. The maximum atomic E-state index is 13.0. The van der Waals surface area contributed by atoms with Gasteiger partial charge >= 0.3 is 6.18 Å². The molecular weight excluding hydrogens is 405 g/mol. The molecule has 0 aliphatic carbocycles. The molecule has 0 bridgehead atoms. The molecule has 0 unspecified atom stereocenters. The van der Waals surface area contributed by atoms with Crippen LogP contribution in [0.3, 0.4) is 0 Å². The number of hydrogen-bond acceptors (Lipinski definition) is 3. The highest BCUT2D eigenvalue weighted by atomic mass is 19.4. The van der Waals surface area contributed by atoms with Crippen LogP contribution in [0.2, 0.25) is 0 Å². The first-order valence-corrected chi connectivity index (χ1v) is 10.2. The fourth-order valence-corrected chi connectivity index (χ4v) is 3.80. The molecule has 1 N–H and O–H groups in total. The van der Waals surface area contributed by atoms with Crippen molar-refractivity contribution in [3.8, 4) is 0 Å². The molecule has 164 valence electrons. The van der Waals surface area contributed by atoms with Crippen molar-refractivity contribution in [2.75, 3.05) is 44.7 Å². The topological polar surface area (TPSA) is 48.2 Å². The normalized spacial score (nSPS) is 15.5. The third kappa shape index (κ3) is 4.92. The molecule has 1 aromatic carbocycles. The molecule has 0 atom stereocenters. The fourth-order valence-electron chi connectivity index (χ4n) is 3.80. The number of imidazole rings is 1. The van der Waals surface area contributed by atoms with E-state index in [9.17, 15) is 13.2 Å². The zero-order chi connectivity index (χ0) is 21.8. The van der Waals surface area contributed by atoms with E-state index in [1.165, 1.54) is 12.1 Å².